The van der Waals surface area contributed by atoms with E-state index < -0.39 is 0 Å². The molecular formula is C20H22N4O3S. The SMILES string of the molecule is COc1cc(/C=N\n2c(COc3ccccc3)n[nH]c2=S)ccc1OC(C)C. The van der Waals surface area contributed by atoms with Gasteiger partial charge in [-0.25, -0.2) is 5.10 Å². The van der Waals surface area contributed by atoms with Gasteiger partial charge in [-0.15, -0.1) is 0 Å². The molecule has 0 aliphatic heterocycles. The van der Waals surface area contributed by atoms with Gasteiger partial charge in [-0.2, -0.15) is 14.9 Å². The van der Waals surface area contributed by atoms with Crippen LogP contribution in [0.3, 0.4) is 0 Å². The molecule has 7 nitrogen and oxygen atoms in total. The highest BCUT2D eigenvalue weighted by Crippen LogP contribution is 2.28. The van der Waals surface area contributed by atoms with Crippen molar-refractivity contribution in [2.24, 2.45) is 5.10 Å². The minimum Gasteiger partial charge on any atom is -0.493 e. The van der Waals surface area contributed by atoms with E-state index in [9.17, 15) is 0 Å². The van der Waals surface area contributed by atoms with Gasteiger partial charge in [-0.05, 0) is 62.0 Å². The van der Waals surface area contributed by atoms with E-state index >= 15 is 0 Å². The lowest BCUT2D eigenvalue weighted by Gasteiger charge is -2.13. The Morgan fingerprint density at radius 2 is 1.96 bits per heavy atom. The van der Waals surface area contributed by atoms with Crippen LogP contribution in [0, 0.1) is 4.77 Å². The zero-order valence-corrected chi connectivity index (χ0v) is 16.8. The molecule has 8 heteroatoms. The summed E-state index contributed by atoms with van der Waals surface area (Å²) < 4.78 is 18.8. The summed E-state index contributed by atoms with van der Waals surface area (Å²) in [7, 11) is 1.61. The molecule has 146 valence electrons. The molecule has 0 saturated carbocycles. The van der Waals surface area contributed by atoms with Gasteiger partial charge in [0.05, 0.1) is 19.4 Å². The molecule has 3 rings (SSSR count). The molecule has 1 heterocycles. The lowest BCUT2D eigenvalue weighted by Crippen LogP contribution is -2.07. The molecule has 1 aromatic heterocycles. The van der Waals surface area contributed by atoms with Crippen LogP contribution >= 0.6 is 12.2 Å². The molecule has 3 aromatic rings. The fraction of sp³-hybridized carbons (Fsp3) is 0.250. The molecule has 0 bridgehead atoms. The second-order valence-electron chi connectivity index (χ2n) is 6.18. The number of ether oxygens (including phenoxy) is 3. The average molecular weight is 398 g/mol. The van der Waals surface area contributed by atoms with E-state index in [4.69, 9.17) is 26.4 Å². The topological polar surface area (TPSA) is 73.7 Å². The van der Waals surface area contributed by atoms with E-state index in [2.05, 4.69) is 15.3 Å². The lowest BCUT2D eigenvalue weighted by molar-refractivity contribution is 0.230. The highest BCUT2D eigenvalue weighted by atomic mass is 32.1. The summed E-state index contributed by atoms with van der Waals surface area (Å²) in [6, 6.07) is 15.1. The molecule has 0 spiro atoms. The van der Waals surface area contributed by atoms with E-state index in [0.717, 1.165) is 11.3 Å². The van der Waals surface area contributed by atoms with Crippen molar-refractivity contribution < 1.29 is 14.2 Å². The van der Waals surface area contributed by atoms with Crippen LogP contribution in [0.1, 0.15) is 25.2 Å². The molecule has 0 unspecified atom stereocenters. The first-order valence-corrected chi connectivity index (χ1v) is 9.21. The van der Waals surface area contributed by atoms with Gasteiger partial charge in [0.2, 0.25) is 4.77 Å². The molecule has 0 fully saturated rings. The third-order valence-corrected chi connectivity index (χ3v) is 3.97. The average Bonchev–Trinajstić information content (AvgIpc) is 3.05. The van der Waals surface area contributed by atoms with Crippen LogP contribution in [-0.2, 0) is 6.61 Å². The molecular weight excluding hydrogens is 376 g/mol. The van der Waals surface area contributed by atoms with Crippen LogP contribution in [0.25, 0.3) is 0 Å². The second-order valence-corrected chi connectivity index (χ2v) is 6.57. The number of aromatic amines is 1. The van der Waals surface area contributed by atoms with Crippen molar-refractivity contribution in [3.8, 4) is 17.2 Å². The first kappa shape index (κ1) is 19.6. The van der Waals surface area contributed by atoms with Crippen LogP contribution in [0.4, 0.5) is 0 Å². The highest BCUT2D eigenvalue weighted by Gasteiger charge is 2.08. The number of nitrogens with one attached hydrogen (secondary N) is 1. The molecule has 0 aliphatic rings. The van der Waals surface area contributed by atoms with Crippen molar-refractivity contribution in [2.45, 2.75) is 26.6 Å². The Morgan fingerprint density at radius 3 is 2.68 bits per heavy atom. The number of hydrogen-bond acceptors (Lipinski definition) is 6. The van der Waals surface area contributed by atoms with Gasteiger partial charge >= 0.3 is 0 Å². The van der Waals surface area contributed by atoms with Crippen LogP contribution in [0.5, 0.6) is 17.2 Å². The van der Waals surface area contributed by atoms with Gasteiger partial charge in [-0.3, -0.25) is 0 Å². The van der Waals surface area contributed by atoms with Crippen molar-refractivity contribution in [1.82, 2.24) is 14.9 Å². The molecule has 0 atom stereocenters. The summed E-state index contributed by atoms with van der Waals surface area (Å²) >= 11 is 5.27. The van der Waals surface area contributed by atoms with Crippen LogP contribution in [0.15, 0.2) is 53.6 Å². The molecule has 0 radical (unpaired) electrons. The third-order valence-electron chi connectivity index (χ3n) is 3.70. The van der Waals surface area contributed by atoms with Gasteiger partial charge < -0.3 is 14.2 Å². The number of rotatable bonds is 8. The maximum atomic E-state index is 5.73. The summed E-state index contributed by atoms with van der Waals surface area (Å²) in [5.74, 6) is 2.64. The Labute approximate surface area is 168 Å². The number of methoxy groups -OCH3 is 1. The van der Waals surface area contributed by atoms with E-state index in [1.807, 2.05) is 62.4 Å². The third kappa shape index (κ3) is 4.98. The number of hydrogen-bond donors (Lipinski definition) is 1. The van der Waals surface area contributed by atoms with Crippen LogP contribution in [0.2, 0.25) is 0 Å². The largest absolute Gasteiger partial charge is 0.493 e. The monoisotopic (exact) mass is 398 g/mol. The predicted octanol–water partition coefficient (Wildman–Crippen LogP) is 4.20. The van der Waals surface area contributed by atoms with Gasteiger partial charge in [0.15, 0.2) is 17.3 Å². The first-order valence-electron chi connectivity index (χ1n) is 8.80. The second kappa shape index (κ2) is 9.18. The van der Waals surface area contributed by atoms with Gasteiger partial charge in [0, 0.05) is 0 Å². The van der Waals surface area contributed by atoms with E-state index in [-0.39, 0.29) is 12.7 Å². The summed E-state index contributed by atoms with van der Waals surface area (Å²) in [5, 5.41) is 11.4. The number of nitrogens with zero attached hydrogens (tertiary/aromatic N) is 3. The molecule has 0 amide bonds. The van der Waals surface area contributed by atoms with E-state index in [1.54, 1.807) is 13.3 Å². The molecule has 28 heavy (non-hydrogen) atoms. The van der Waals surface area contributed by atoms with Gasteiger partial charge in [0.25, 0.3) is 0 Å². The molecule has 0 aliphatic carbocycles. The molecule has 0 saturated heterocycles. The lowest BCUT2D eigenvalue weighted by atomic mass is 10.2. The smallest absolute Gasteiger partial charge is 0.216 e. The summed E-state index contributed by atoms with van der Waals surface area (Å²) in [6.45, 7) is 4.17. The Morgan fingerprint density at radius 1 is 1.18 bits per heavy atom. The quantitative estimate of drug-likeness (QED) is 0.455. The molecule has 1 N–H and O–H groups in total. The van der Waals surface area contributed by atoms with Crippen LogP contribution in [-0.4, -0.2) is 34.3 Å². The van der Waals surface area contributed by atoms with E-state index in [1.165, 1.54) is 4.68 Å². The standard InChI is InChI=1S/C20H22N4O3S/c1-14(2)27-17-10-9-15(11-18(17)25-3)12-21-24-19(22-23-20(24)28)13-26-16-7-5-4-6-8-16/h4-12,14H,13H2,1-3H3,(H,23,28)/b21-12-. The summed E-state index contributed by atoms with van der Waals surface area (Å²) in [5.41, 5.74) is 0.839. The predicted molar refractivity (Wildman–Crippen MR) is 110 cm³/mol. The Balaban J connectivity index is 1.77. The van der Waals surface area contributed by atoms with Gasteiger partial charge in [-0.1, -0.05) is 18.2 Å². The van der Waals surface area contributed by atoms with Crippen molar-refractivity contribution >= 4 is 18.4 Å². The number of H-pyrrole nitrogens is 1. The Bertz CT molecular complexity index is 996. The number of para-hydroxylation sites is 1. The molecule has 2 aromatic carbocycles. The minimum absolute atomic E-state index is 0.0600. The summed E-state index contributed by atoms with van der Waals surface area (Å²) in [4.78, 5) is 0. The van der Waals surface area contributed by atoms with Crippen molar-refractivity contribution in [3.63, 3.8) is 0 Å². The Hall–Kier alpha value is -3.13. The fourth-order valence-corrected chi connectivity index (χ4v) is 2.64. The normalized spacial score (nSPS) is 11.1. The first-order chi connectivity index (χ1) is 13.6. The highest BCUT2D eigenvalue weighted by molar-refractivity contribution is 7.71. The van der Waals surface area contributed by atoms with Crippen molar-refractivity contribution in [3.05, 3.63) is 64.7 Å². The van der Waals surface area contributed by atoms with Crippen LogP contribution < -0.4 is 14.2 Å². The van der Waals surface area contributed by atoms with Crippen molar-refractivity contribution in [2.75, 3.05) is 7.11 Å². The van der Waals surface area contributed by atoms with Crippen molar-refractivity contribution in [1.29, 1.82) is 0 Å². The van der Waals surface area contributed by atoms with Gasteiger partial charge in [0.1, 0.15) is 12.4 Å². The maximum absolute atomic E-state index is 5.73. The fourth-order valence-electron chi connectivity index (χ4n) is 2.44. The van der Waals surface area contributed by atoms with E-state index in [0.29, 0.717) is 22.1 Å². The Kier molecular flexibility index (Phi) is 6.44. The summed E-state index contributed by atoms with van der Waals surface area (Å²) in [6.07, 6.45) is 1.74. The number of aromatic nitrogens is 3. The zero-order valence-electron chi connectivity index (χ0n) is 16.0. The maximum Gasteiger partial charge on any atom is 0.216 e. The minimum atomic E-state index is 0.0600. The number of benzene rings is 2. The zero-order chi connectivity index (χ0) is 19.9.